The first-order valence-electron chi connectivity index (χ1n) is 16.4. The molecule has 1 saturated carbocycles. The van der Waals surface area contributed by atoms with Crippen LogP contribution in [-0.2, 0) is 36.5 Å². The zero-order valence-corrected chi connectivity index (χ0v) is 31.6. The lowest BCUT2D eigenvalue weighted by molar-refractivity contribution is -0.211. The number of carbonyl (C=O) groups excluding carboxylic acids is 1. The third-order valence-electron chi connectivity index (χ3n) is 11.3. The van der Waals surface area contributed by atoms with Gasteiger partial charge in [0.25, 0.3) is 0 Å². The van der Waals surface area contributed by atoms with Crippen molar-refractivity contribution >= 4 is 22.4 Å². The SMILES string of the molecule is COCOc1cc(O[Si](C)(C)C(C)(C)C)cc(CCC2=C3CCC4(OCCO4)[C@@]3(C)CCC2=O)c1CO[Si](C)(C)C(C)(C)C. The maximum absolute atomic E-state index is 13.5. The average molecular weight is 647 g/mol. The molecule has 7 nitrogen and oxygen atoms in total. The molecule has 2 fully saturated rings. The molecule has 1 aromatic rings. The summed E-state index contributed by atoms with van der Waals surface area (Å²) in [5.41, 5.74) is 4.04. The standard InChI is InChI=1S/C35H58O7Si2/c1-32(2,3)43(9,10)41-23-28-25(21-26(22-31(28)38-24-37-8)42-44(11,12)33(4,5)6)13-14-27-29-15-18-35(39-19-20-40-35)34(29,7)17-16-30(27)36/h21-22H,13-20,23-24H2,1-12H3/t34-/m0/s1. The van der Waals surface area contributed by atoms with Crippen LogP contribution >= 0.6 is 0 Å². The molecular formula is C35H58O7Si2. The maximum atomic E-state index is 13.5. The topological polar surface area (TPSA) is 72.5 Å². The summed E-state index contributed by atoms with van der Waals surface area (Å²) in [7, 11) is -2.55. The Kier molecular flexibility index (Phi) is 10.1. The number of allylic oxidation sites excluding steroid dienone is 1. The molecule has 2 aliphatic carbocycles. The van der Waals surface area contributed by atoms with Gasteiger partial charge in [0, 0.05) is 37.0 Å². The van der Waals surface area contributed by atoms with Crippen LogP contribution in [0.1, 0.15) is 91.7 Å². The molecule has 0 amide bonds. The summed E-state index contributed by atoms with van der Waals surface area (Å²) in [4.78, 5) is 13.5. The van der Waals surface area contributed by atoms with E-state index in [1.165, 1.54) is 5.57 Å². The van der Waals surface area contributed by atoms with E-state index >= 15 is 0 Å². The predicted molar refractivity (Wildman–Crippen MR) is 180 cm³/mol. The van der Waals surface area contributed by atoms with E-state index in [0.717, 1.165) is 47.5 Å². The highest BCUT2D eigenvalue weighted by Crippen LogP contribution is 2.60. The van der Waals surface area contributed by atoms with Gasteiger partial charge in [0.05, 0.1) is 19.8 Å². The summed E-state index contributed by atoms with van der Waals surface area (Å²) in [6.45, 7) is 26.6. The van der Waals surface area contributed by atoms with Crippen molar-refractivity contribution in [3.8, 4) is 11.5 Å². The zero-order chi connectivity index (χ0) is 32.8. The summed E-state index contributed by atoms with van der Waals surface area (Å²) < 4.78 is 37.7. The van der Waals surface area contributed by atoms with Crippen molar-refractivity contribution in [2.75, 3.05) is 27.1 Å². The number of carbonyl (C=O) groups is 1. The van der Waals surface area contributed by atoms with Gasteiger partial charge in [-0.15, -0.1) is 0 Å². The molecule has 0 N–H and O–H groups in total. The fourth-order valence-electron chi connectivity index (χ4n) is 6.34. The van der Waals surface area contributed by atoms with Crippen molar-refractivity contribution in [2.45, 2.75) is 136 Å². The highest BCUT2D eigenvalue weighted by molar-refractivity contribution is 6.75. The fourth-order valence-corrected chi connectivity index (χ4v) is 8.29. The van der Waals surface area contributed by atoms with Gasteiger partial charge in [-0.1, -0.05) is 54.0 Å². The fraction of sp³-hybridized carbons (Fsp3) is 0.743. The van der Waals surface area contributed by atoms with Crippen LogP contribution < -0.4 is 9.16 Å². The number of fused-ring (bicyclic) bond motifs is 2. The first-order chi connectivity index (χ1) is 20.3. The second kappa shape index (κ2) is 12.6. The van der Waals surface area contributed by atoms with Gasteiger partial charge in [-0.25, -0.2) is 0 Å². The smallest absolute Gasteiger partial charge is 0.250 e. The molecule has 1 aliphatic heterocycles. The maximum Gasteiger partial charge on any atom is 0.250 e. The summed E-state index contributed by atoms with van der Waals surface area (Å²) in [6, 6.07) is 4.18. The number of benzene rings is 1. The van der Waals surface area contributed by atoms with E-state index in [1.807, 2.05) is 6.07 Å². The van der Waals surface area contributed by atoms with Crippen LogP contribution in [0.2, 0.25) is 36.3 Å². The van der Waals surface area contributed by atoms with Crippen molar-refractivity contribution in [3.63, 3.8) is 0 Å². The molecule has 1 atom stereocenters. The van der Waals surface area contributed by atoms with E-state index in [-0.39, 0.29) is 28.1 Å². The first kappa shape index (κ1) is 35.4. The summed E-state index contributed by atoms with van der Waals surface area (Å²) >= 11 is 0. The van der Waals surface area contributed by atoms with Crippen LogP contribution in [0.3, 0.4) is 0 Å². The summed E-state index contributed by atoms with van der Waals surface area (Å²) in [5.74, 6) is 1.20. The Hall–Kier alpha value is -1.50. The van der Waals surface area contributed by atoms with Crippen LogP contribution in [-0.4, -0.2) is 55.3 Å². The Morgan fingerprint density at radius 3 is 2.11 bits per heavy atom. The average Bonchev–Trinajstić information content (AvgIpc) is 3.50. The van der Waals surface area contributed by atoms with Crippen LogP contribution in [0.25, 0.3) is 0 Å². The van der Waals surface area contributed by atoms with E-state index in [9.17, 15) is 4.79 Å². The number of ether oxygens (including phenoxy) is 4. The van der Waals surface area contributed by atoms with Gasteiger partial charge in [0.1, 0.15) is 11.5 Å². The van der Waals surface area contributed by atoms with Crippen molar-refractivity contribution < 1.29 is 32.6 Å². The number of rotatable bonds is 11. The largest absolute Gasteiger partial charge is 0.543 e. The van der Waals surface area contributed by atoms with Crippen molar-refractivity contribution in [2.24, 2.45) is 5.41 Å². The lowest BCUT2D eigenvalue weighted by Gasteiger charge is -2.42. The Labute approximate surface area is 268 Å². The molecule has 9 heteroatoms. The Morgan fingerprint density at radius 2 is 1.52 bits per heavy atom. The molecule has 3 aliphatic rings. The molecule has 1 saturated heterocycles. The van der Waals surface area contributed by atoms with Crippen LogP contribution in [0, 0.1) is 5.41 Å². The van der Waals surface area contributed by atoms with Gasteiger partial charge in [-0.05, 0) is 79.2 Å². The van der Waals surface area contributed by atoms with E-state index in [0.29, 0.717) is 39.1 Å². The van der Waals surface area contributed by atoms with Crippen molar-refractivity contribution in [1.29, 1.82) is 0 Å². The second-order valence-electron chi connectivity index (χ2n) is 16.2. The second-order valence-corrected chi connectivity index (χ2v) is 25.7. The number of Topliss-reactive ketones (excluding diaryl/α,β-unsaturated/α-hetero) is 1. The quantitative estimate of drug-likeness (QED) is 0.176. The third-order valence-corrected chi connectivity index (χ3v) is 20.2. The monoisotopic (exact) mass is 646 g/mol. The molecule has 0 unspecified atom stereocenters. The van der Waals surface area contributed by atoms with Gasteiger partial charge in [0.15, 0.2) is 26.7 Å². The molecule has 0 aromatic heterocycles. The van der Waals surface area contributed by atoms with E-state index in [2.05, 4.69) is 80.7 Å². The Balaban J connectivity index is 1.75. The van der Waals surface area contributed by atoms with Gasteiger partial charge >= 0.3 is 0 Å². The normalized spacial score (nSPS) is 22.6. The Bertz CT molecular complexity index is 1250. The number of methoxy groups -OCH3 is 1. The number of hydrogen-bond acceptors (Lipinski definition) is 7. The molecule has 1 heterocycles. The van der Waals surface area contributed by atoms with Gasteiger partial charge in [0.2, 0.25) is 8.32 Å². The highest BCUT2D eigenvalue weighted by atomic mass is 28.4. The Morgan fingerprint density at radius 1 is 0.886 bits per heavy atom. The van der Waals surface area contributed by atoms with Crippen molar-refractivity contribution in [3.05, 3.63) is 34.4 Å². The van der Waals surface area contributed by atoms with Gasteiger partial charge in [-0.2, -0.15) is 0 Å². The minimum Gasteiger partial charge on any atom is -0.543 e. The van der Waals surface area contributed by atoms with Crippen LogP contribution in [0.4, 0.5) is 0 Å². The molecule has 1 spiro atoms. The highest BCUT2D eigenvalue weighted by Gasteiger charge is 2.60. The predicted octanol–water partition coefficient (Wildman–Crippen LogP) is 8.71. The van der Waals surface area contributed by atoms with Gasteiger partial charge < -0.3 is 27.8 Å². The lowest BCUT2D eigenvalue weighted by atomic mass is 9.69. The lowest BCUT2D eigenvalue weighted by Crippen LogP contribution is -2.46. The van der Waals surface area contributed by atoms with Crippen LogP contribution in [0.15, 0.2) is 23.3 Å². The molecule has 0 radical (unpaired) electrons. The van der Waals surface area contributed by atoms with Crippen molar-refractivity contribution in [1.82, 2.24) is 0 Å². The summed E-state index contributed by atoms with van der Waals surface area (Å²) in [5, 5.41) is 0.111. The number of hydrogen-bond donors (Lipinski definition) is 0. The summed E-state index contributed by atoms with van der Waals surface area (Å²) in [6.07, 6.45) is 4.30. The molecule has 1 aromatic carbocycles. The molecule has 44 heavy (non-hydrogen) atoms. The molecule has 0 bridgehead atoms. The minimum absolute atomic E-state index is 0.0408. The van der Waals surface area contributed by atoms with E-state index < -0.39 is 22.4 Å². The molecular weight excluding hydrogens is 589 g/mol. The third kappa shape index (κ3) is 6.79. The minimum atomic E-state index is -2.13. The van der Waals surface area contributed by atoms with E-state index in [4.69, 9.17) is 27.8 Å². The zero-order valence-electron chi connectivity index (χ0n) is 29.6. The van der Waals surface area contributed by atoms with Crippen LogP contribution in [0.5, 0.6) is 11.5 Å². The van der Waals surface area contributed by atoms with E-state index in [1.54, 1.807) is 7.11 Å². The number of aryl methyl sites for hydroxylation is 1. The first-order valence-corrected chi connectivity index (χ1v) is 22.2. The number of ketones is 1. The molecule has 4 rings (SSSR count). The molecule has 248 valence electrons. The van der Waals surface area contributed by atoms with Gasteiger partial charge in [-0.3, -0.25) is 4.79 Å².